The SMILES string of the molecule is [C-]#[N+][C@@H]1CCCN1C(=O)CNCCS(=O)(=O)c1ccccc1. The molecule has 22 heavy (non-hydrogen) atoms. The molecule has 1 aromatic carbocycles. The van der Waals surface area contributed by atoms with Gasteiger partial charge in [-0.15, -0.1) is 0 Å². The van der Waals surface area contributed by atoms with Crippen molar-refractivity contribution in [3.8, 4) is 0 Å². The van der Waals surface area contributed by atoms with Gasteiger partial charge >= 0.3 is 6.17 Å². The lowest BCUT2D eigenvalue weighted by atomic mass is 10.3. The number of rotatable bonds is 6. The van der Waals surface area contributed by atoms with Crippen molar-refractivity contribution in [2.24, 2.45) is 0 Å². The molecular weight excluding hydrogens is 302 g/mol. The minimum absolute atomic E-state index is 0.0590. The predicted molar refractivity (Wildman–Crippen MR) is 82.7 cm³/mol. The van der Waals surface area contributed by atoms with E-state index in [1.807, 2.05) is 0 Å². The molecule has 1 fully saturated rings. The maximum Gasteiger partial charge on any atom is 0.300 e. The molecule has 2 rings (SSSR count). The first-order chi connectivity index (χ1) is 10.5. The number of amides is 1. The highest BCUT2D eigenvalue weighted by Crippen LogP contribution is 2.17. The number of sulfone groups is 1. The molecule has 1 N–H and O–H groups in total. The number of carbonyl (C=O) groups excluding carboxylic acids is 1. The van der Waals surface area contributed by atoms with E-state index in [1.165, 1.54) is 0 Å². The molecule has 6 nitrogen and oxygen atoms in total. The third-order valence-corrected chi connectivity index (χ3v) is 5.35. The van der Waals surface area contributed by atoms with Gasteiger partial charge in [-0.2, -0.15) is 0 Å². The van der Waals surface area contributed by atoms with Gasteiger partial charge in [-0.05, 0) is 18.6 Å². The molecule has 1 atom stereocenters. The van der Waals surface area contributed by atoms with E-state index in [0.717, 1.165) is 12.8 Å². The Bertz CT molecular complexity index is 652. The fourth-order valence-corrected chi connectivity index (χ4v) is 3.64. The molecule has 0 saturated carbocycles. The minimum atomic E-state index is -3.33. The van der Waals surface area contributed by atoms with Crippen molar-refractivity contribution in [3.63, 3.8) is 0 Å². The van der Waals surface area contributed by atoms with Crippen LogP contribution in [-0.2, 0) is 14.6 Å². The van der Waals surface area contributed by atoms with E-state index in [2.05, 4.69) is 10.2 Å². The van der Waals surface area contributed by atoms with Crippen LogP contribution < -0.4 is 5.32 Å². The Morgan fingerprint density at radius 3 is 2.77 bits per heavy atom. The molecule has 1 aliphatic heterocycles. The highest BCUT2D eigenvalue weighted by Gasteiger charge is 2.32. The first-order valence-electron chi connectivity index (χ1n) is 7.19. The van der Waals surface area contributed by atoms with E-state index in [4.69, 9.17) is 6.57 Å². The third kappa shape index (κ3) is 4.06. The topological polar surface area (TPSA) is 70.8 Å². The molecule has 0 aromatic heterocycles. The molecule has 0 radical (unpaired) electrons. The summed E-state index contributed by atoms with van der Waals surface area (Å²) in [5, 5.41) is 2.86. The summed E-state index contributed by atoms with van der Waals surface area (Å²) in [6.45, 7) is 7.93. The molecule has 0 aliphatic carbocycles. The van der Waals surface area contributed by atoms with Crippen LogP contribution in [0.2, 0.25) is 0 Å². The Morgan fingerprint density at radius 2 is 2.09 bits per heavy atom. The van der Waals surface area contributed by atoms with Gasteiger partial charge in [0.1, 0.15) is 0 Å². The van der Waals surface area contributed by atoms with E-state index >= 15 is 0 Å². The summed E-state index contributed by atoms with van der Waals surface area (Å²) >= 11 is 0. The average Bonchev–Trinajstić information content (AvgIpc) is 3.01. The monoisotopic (exact) mass is 321 g/mol. The number of benzene rings is 1. The van der Waals surface area contributed by atoms with Crippen molar-refractivity contribution in [2.75, 3.05) is 25.4 Å². The van der Waals surface area contributed by atoms with Gasteiger partial charge in [-0.3, -0.25) is 14.5 Å². The molecule has 0 unspecified atom stereocenters. The van der Waals surface area contributed by atoms with Crippen molar-refractivity contribution in [2.45, 2.75) is 23.9 Å². The normalized spacial score (nSPS) is 18.1. The molecule has 1 heterocycles. The standard InChI is InChI=1S/C15H19N3O3S/c1-16-14-8-5-10-18(14)15(19)12-17-9-11-22(20,21)13-6-3-2-4-7-13/h2-4,6-7,14,17H,5,8-12H2/t14-/m0/s1. The lowest BCUT2D eigenvalue weighted by Crippen LogP contribution is -2.40. The summed E-state index contributed by atoms with van der Waals surface area (Å²) in [5.74, 6) is -0.202. The Morgan fingerprint density at radius 1 is 1.36 bits per heavy atom. The van der Waals surface area contributed by atoms with Gasteiger partial charge in [0, 0.05) is 19.5 Å². The quantitative estimate of drug-likeness (QED) is 0.625. The lowest BCUT2D eigenvalue weighted by Gasteiger charge is -2.16. The van der Waals surface area contributed by atoms with Gasteiger partial charge < -0.3 is 5.32 Å². The summed E-state index contributed by atoms with van der Waals surface area (Å²) in [4.78, 5) is 17.3. The second-order valence-corrected chi connectivity index (χ2v) is 7.26. The molecule has 1 amide bonds. The Kier molecular flexibility index (Phi) is 5.52. The fraction of sp³-hybridized carbons (Fsp3) is 0.467. The zero-order valence-electron chi connectivity index (χ0n) is 12.2. The highest BCUT2D eigenvalue weighted by atomic mass is 32.2. The molecule has 0 bridgehead atoms. The van der Waals surface area contributed by atoms with E-state index in [9.17, 15) is 13.2 Å². The van der Waals surface area contributed by atoms with Gasteiger partial charge in [0.15, 0.2) is 9.84 Å². The summed E-state index contributed by atoms with van der Waals surface area (Å²) in [6.07, 6.45) is 1.21. The molecular formula is C15H19N3O3S. The molecule has 1 saturated heterocycles. The van der Waals surface area contributed by atoms with E-state index in [1.54, 1.807) is 35.2 Å². The average molecular weight is 321 g/mol. The number of hydrogen-bond acceptors (Lipinski definition) is 4. The molecule has 1 aromatic rings. The van der Waals surface area contributed by atoms with Crippen LogP contribution in [0.1, 0.15) is 12.8 Å². The van der Waals surface area contributed by atoms with Crippen LogP contribution in [0.3, 0.4) is 0 Å². The number of hydrogen-bond donors (Lipinski definition) is 1. The Balaban J connectivity index is 1.78. The molecule has 0 spiro atoms. The number of likely N-dealkylation sites (tertiary alicyclic amines) is 1. The maximum absolute atomic E-state index is 12.1. The van der Waals surface area contributed by atoms with Gasteiger partial charge in [0.05, 0.1) is 17.2 Å². The second kappa shape index (κ2) is 7.38. The Labute approximate surface area is 130 Å². The molecule has 118 valence electrons. The smallest absolute Gasteiger partial charge is 0.300 e. The van der Waals surface area contributed by atoms with E-state index in [0.29, 0.717) is 6.54 Å². The summed E-state index contributed by atoms with van der Waals surface area (Å²) in [7, 11) is -3.33. The van der Waals surface area contributed by atoms with Crippen molar-refractivity contribution >= 4 is 15.7 Å². The first-order valence-corrected chi connectivity index (χ1v) is 8.84. The van der Waals surface area contributed by atoms with Gasteiger partial charge in [-0.1, -0.05) is 18.2 Å². The van der Waals surface area contributed by atoms with E-state index < -0.39 is 9.84 Å². The zero-order valence-corrected chi connectivity index (χ0v) is 13.1. The van der Waals surface area contributed by atoms with E-state index in [-0.39, 0.29) is 35.8 Å². The van der Waals surface area contributed by atoms with Gasteiger partial charge in [0.25, 0.3) is 0 Å². The number of carbonyl (C=O) groups is 1. The Hall–Kier alpha value is -1.91. The predicted octanol–water partition coefficient (Wildman–Crippen LogP) is 0.918. The van der Waals surface area contributed by atoms with Crippen LogP contribution in [0.5, 0.6) is 0 Å². The zero-order chi connectivity index (χ0) is 16.0. The summed E-state index contributed by atoms with van der Waals surface area (Å²) in [6, 6.07) is 8.25. The fourth-order valence-electron chi connectivity index (χ4n) is 2.42. The van der Waals surface area contributed by atoms with Gasteiger partial charge in [-0.25, -0.2) is 15.0 Å². The lowest BCUT2D eigenvalue weighted by molar-refractivity contribution is -0.130. The van der Waals surface area contributed by atoms with Crippen LogP contribution in [0.25, 0.3) is 4.85 Å². The highest BCUT2D eigenvalue weighted by molar-refractivity contribution is 7.91. The number of nitrogens with zero attached hydrogens (tertiary/aromatic N) is 2. The van der Waals surface area contributed by atoms with Crippen LogP contribution in [0.15, 0.2) is 35.2 Å². The van der Waals surface area contributed by atoms with Crippen molar-refractivity contribution < 1.29 is 13.2 Å². The largest absolute Gasteiger partial charge is 0.307 e. The van der Waals surface area contributed by atoms with Crippen molar-refractivity contribution in [1.29, 1.82) is 0 Å². The van der Waals surface area contributed by atoms with Crippen LogP contribution in [0, 0.1) is 6.57 Å². The first kappa shape index (κ1) is 16.5. The maximum atomic E-state index is 12.1. The minimum Gasteiger partial charge on any atom is -0.307 e. The van der Waals surface area contributed by atoms with Gasteiger partial charge in [0.2, 0.25) is 5.91 Å². The number of nitrogens with one attached hydrogen (secondary N) is 1. The second-order valence-electron chi connectivity index (χ2n) is 5.15. The van der Waals surface area contributed by atoms with Crippen LogP contribution in [0.4, 0.5) is 0 Å². The third-order valence-electron chi connectivity index (χ3n) is 3.62. The summed E-state index contributed by atoms with van der Waals surface area (Å²) < 4.78 is 24.1. The van der Waals surface area contributed by atoms with Crippen molar-refractivity contribution in [3.05, 3.63) is 41.7 Å². The molecule has 7 heteroatoms. The summed E-state index contributed by atoms with van der Waals surface area (Å²) in [5.41, 5.74) is 0. The van der Waals surface area contributed by atoms with Crippen LogP contribution in [-0.4, -0.2) is 50.8 Å². The van der Waals surface area contributed by atoms with Crippen LogP contribution >= 0.6 is 0 Å². The van der Waals surface area contributed by atoms with Crippen molar-refractivity contribution in [1.82, 2.24) is 10.2 Å². The molecule has 1 aliphatic rings.